The van der Waals surface area contributed by atoms with Gasteiger partial charge in [-0.15, -0.1) is 12.1 Å². The number of amides is 1. The summed E-state index contributed by atoms with van der Waals surface area (Å²) in [6.07, 6.45) is 2.80. The smallest absolute Gasteiger partial charge is 0.514 e. The van der Waals surface area contributed by atoms with Crippen molar-refractivity contribution in [3.63, 3.8) is 0 Å². The number of benzene rings is 4. The van der Waals surface area contributed by atoms with Crippen LogP contribution in [0.1, 0.15) is 69.6 Å². The number of carbonyl (C=O) groups excluding carboxylic acids is 1. The summed E-state index contributed by atoms with van der Waals surface area (Å²) >= 11 is 0. The van der Waals surface area contributed by atoms with E-state index in [2.05, 4.69) is 65.4 Å². The van der Waals surface area contributed by atoms with Crippen molar-refractivity contribution >= 4 is 11.8 Å². The molecule has 8 nitrogen and oxygen atoms in total. The molecule has 0 aliphatic rings. The van der Waals surface area contributed by atoms with Crippen LogP contribution in [0.2, 0.25) is 0 Å². The molecule has 6 rings (SSSR count). The number of hydrogen-bond acceptors (Lipinski definition) is 7. The number of rotatable bonds is 9. The van der Waals surface area contributed by atoms with Gasteiger partial charge in [-0.3, -0.25) is 10.1 Å². The summed E-state index contributed by atoms with van der Waals surface area (Å²) in [6, 6.07) is 41.6. The van der Waals surface area contributed by atoms with E-state index in [0.29, 0.717) is 19.1 Å². The standard InChI is InChI=1S/C22H24N2O3.C13H11O.C7H10NO.K/c1-22(2,3)19-14-21(27-24-19)23-20(25)13-16-9-11-18(12-10-16)26-15-17-7-5-4-6-8-17;1-3-7-12(8-4-1)11-14-13-9-5-2-6-10-13;1-7(2,3)6-4-5-9-8-6;/h4-12,14H,13,15H2,1-3H3,(H,23,25);1,3-10H,11H2;4H,1-3H3;/q;2*-1;+1. The fourth-order valence-electron chi connectivity index (χ4n) is 4.25. The number of ether oxygens (including phenoxy) is 2. The Kier molecular flexibility index (Phi) is 16.9. The molecule has 0 bridgehead atoms. The van der Waals surface area contributed by atoms with E-state index >= 15 is 0 Å². The van der Waals surface area contributed by atoms with Gasteiger partial charge in [0.1, 0.15) is 19.0 Å². The first-order chi connectivity index (χ1) is 24.0. The number of carbonyl (C=O) groups is 1. The topological polar surface area (TPSA) is 99.6 Å². The minimum atomic E-state index is -0.149. The molecule has 260 valence electrons. The number of nitrogens with zero attached hydrogens (tertiary/aromatic N) is 2. The maximum absolute atomic E-state index is 12.2. The Balaban J connectivity index is 0.000000242. The molecule has 0 radical (unpaired) electrons. The largest absolute Gasteiger partial charge is 1.00 e. The van der Waals surface area contributed by atoms with Crippen molar-refractivity contribution in [1.29, 1.82) is 0 Å². The van der Waals surface area contributed by atoms with Crippen LogP contribution in [0.15, 0.2) is 130 Å². The average Bonchev–Trinajstić information content (AvgIpc) is 3.83. The van der Waals surface area contributed by atoms with Gasteiger partial charge in [-0.2, -0.15) is 24.3 Å². The first-order valence-electron chi connectivity index (χ1n) is 16.4. The molecule has 0 fully saturated rings. The average molecular weight is 711 g/mol. The van der Waals surface area contributed by atoms with Crippen molar-refractivity contribution in [2.75, 3.05) is 5.32 Å². The van der Waals surface area contributed by atoms with E-state index in [0.717, 1.165) is 34.0 Å². The van der Waals surface area contributed by atoms with E-state index < -0.39 is 0 Å². The number of hydrogen-bond donors (Lipinski definition) is 1. The second kappa shape index (κ2) is 20.8. The van der Waals surface area contributed by atoms with Crippen LogP contribution in [0.3, 0.4) is 0 Å². The summed E-state index contributed by atoms with van der Waals surface area (Å²) in [7, 11) is 0. The van der Waals surface area contributed by atoms with Crippen molar-refractivity contribution in [2.45, 2.75) is 72.0 Å². The van der Waals surface area contributed by atoms with Gasteiger partial charge in [-0.25, -0.2) is 5.16 Å². The molecular weight excluding hydrogens is 666 g/mol. The third-order valence-corrected chi connectivity index (χ3v) is 7.17. The van der Waals surface area contributed by atoms with Gasteiger partial charge in [-0.1, -0.05) is 131 Å². The van der Waals surface area contributed by atoms with Gasteiger partial charge < -0.3 is 18.5 Å². The SMILES string of the molecule is CC(C)(C)c1c[c-]on1.CC(C)(C)c1cc(NC(=O)Cc2ccc(OCc3ccccc3)cc2)on1.[K+].[c-]1ccc(OCc2ccccc2)cc1. The molecule has 0 aliphatic carbocycles. The van der Waals surface area contributed by atoms with E-state index in [-0.39, 0.29) is 74.5 Å². The van der Waals surface area contributed by atoms with Crippen LogP contribution >= 0.6 is 0 Å². The molecule has 51 heavy (non-hydrogen) atoms. The zero-order valence-electron chi connectivity index (χ0n) is 30.6. The van der Waals surface area contributed by atoms with Gasteiger partial charge in [0.15, 0.2) is 0 Å². The first-order valence-corrected chi connectivity index (χ1v) is 16.4. The minimum absolute atomic E-state index is 0. The molecule has 2 heterocycles. The zero-order valence-corrected chi connectivity index (χ0v) is 33.7. The Hall–Kier alpha value is -3.99. The van der Waals surface area contributed by atoms with Crippen LogP contribution in [-0.4, -0.2) is 16.2 Å². The van der Waals surface area contributed by atoms with Gasteiger partial charge in [0.2, 0.25) is 11.8 Å². The normalized spacial score (nSPS) is 10.7. The van der Waals surface area contributed by atoms with Crippen molar-refractivity contribution < 1.29 is 74.7 Å². The Labute approximate surface area is 344 Å². The van der Waals surface area contributed by atoms with Crippen LogP contribution in [0, 0.1) is 12.3 Å². The maximum atomic E-state index is 12.2. The van der Waals surface area contributed by atoms with E-state index in [4.69, 9.17) is 14.0 Å². The van der Waals surface area contributed by atoms with E-state index in [1.165, 1.54) is 5.56 Å². The maximum Gasteiger partial charge on any atom is 1.00 e. The van der Waals surface area contributed by atoms with Gasteiger partial charge in [-0.05, 0) is 35.1 Å². The minimum Gasteiger partial charge on any atom is -0.514 e. The summed E-state index contributed by atoms with van der Waals surface area (Å²) in [5, 5.41) is 10.5. The molecule has 0 unspecified atom stereocenters. The molecule has 6 aromatic rings. The third kappa shape index (κ3) is 15.4. The third-order valence-electron chi connectivity index (χ3n) is 7.17. The van der Waals surface area contributed by atoms with Gasteiger partial charge in [0, 0.05) is 17.2 Å². The van der Waals surface area contributed by atoms with Crippen LogP contribution in [-0.2, 0) is 35.3 Å². The Bertz CT molecular complexity index is 1770. The summed E-state index contributed by atoms with van der Waals surface area (Å²) < 4.78 is 21.1. The molecule has 0 aliphatic heterocycles. The summed E-state index contributed by atoms with van der Waals surface area (Å²) in [6.45, 7) is 13.5. The van der Waals surface area contributed by atoms with E-state index in [1.807, 2.05) is 118 Å². The molecule has 0 saturated carbocycles. The Morgan fingerprint density at radius 3 is 1.67 bits per heavy atom. The van der Waals surface area contributed by atoms with E-state index in [9.17, 15) is 4.79 Å². The Morgan fingerprint density at radius 1 is 0.686 bits per heavy atom. The monoisotopic (exact) mass is 710 g/mol. The van der Waals surface area contributed by atoms with Crippen LogP contribution in [0.25, 0.3) is 0 Å². The van der Waals surface area contributed by atoms with Crippen LogP contribution in [0.5, 0.6) is 11.5 Å². The fraction of sp³-hybridized carbons (Fsp3) is 0.262. The second-order valence-electron chi connectivity index (χ2n) is 13.6. The number of nitrogens with one attached hydrogen (secondary N) is 1. The zero-order chi connectivity index (χ0) is 35.8. The molecule has 2 aromatic heterocycles. The van der Waals surface area contributed by atoms with Crippen molar-refractivity contribution in [3.8, 4) is 11.5 Å². The fourth-order valence-corrected chi connectivity index (χ4v) is 4.25. The molecule has 4 aromatic carbocycles. The Morgan fingerprint density at radius 2 is 1.22 bits per heavy atom. The van der Waals surface area contributed by atoms with Crippen LogP contribution in [0.4, 0.5) is 5.88 Å². The summed E-state index contributed by atoms with van der Waals surface area (Å²) in [4.78, 5) is 12.2. The van der Waals surface area contributed by atoms with Crippen molar-refractivity contribution in [1.82, 2.24) is 10.3 Å². The molecule has 1 amide bonds. The molecule has 1 N–H and O–H groups in total. The van der Waals surface area contributed by atoms with E-state index in [1.54, 1.807) is 12.1 Å². The summed E-state index contributed by atoms with van der Waals surface area (Å²) in [5.74, 6) is 1.87. The predicted octanol–water partition coefficient (Wildman–Crippen LogP) is 6.57. The molecule has 0 atom stereocenters. The first kappa shape index (κ1) is 41.4. The van der Waals surface area contributed by atoms with Gasteiger partial charge >= 0.3 is 51.4 Å². The summed E-state index contributed by atoms with van der Waals surface area (Å²) in [5.41, 5.74) is 4.91. The number of anilines is 1. The molecular formula is C42H45KN3O5-. The van der Waals surface area contributed by atoms with Crippen molar-refractivity contribution in [3.05, 3.63) is 162 Å². The second-order valence-corrected chi connectivity index (χ2v) is 13.6. The predicted molar refractivity (Wildman–Crippen MR) is 195 cm³/mol. The van der Waals surface area contributed by atoms with Crippen molar-refractivity contribution in [2.24, 2.45) is 0 Å². The number of aromatic nitrogens is 2. The quantitative estimate of drug-likeness (QED) is 0.134. The van der Waals surface area contributed by atoms with Crippen LogP contribution < -0.4 is 66.2 Å². The van der Waals surface area contributed by atoms with Gasteiger partial charge in [0.05, 0.1) is 12.1 Å². The molecule has 0 spiro atoms. The molecule has 0 saturated heterocycles. The van der Waals surface area contributed by atoms with Gasteiger partial charge in [0.25, 0.3) is 0 Å². The molecule has 9 heteroatoms.